The van der Waals surface area contributed by atoms with Gasteiger partial charge in [0.1, 0.15) is 5.82 Å². The van der Waals surface area contributed by atoms with Crippen molar-refractivity contribution in [2.75, 3.05) is 7.11 Å². The molecule has 0 spiro atoms. The van der Waals surface area contributed by atoms with Crippen LogP contribution >= 0.6 is 0 Å². The molecule has 0 N–H and O–H groups in total. The first kappa shape index (κ1) is 9.71. The summed E-state index contributed by atoms with van der Waals surface area (Å²) in [6.45, 7) is 1.90. The molecule has 0 unspecified atom stereocenters. The van der Waals surface area contributed by atoms with Crippen LogP contribution in [0.5, 0.6) is 0 Å². The van der Waals surface area contributed by atoms with E-state index in [9.17, 15) is 9.18 Å². The van der Waals surface area contributed by atoms with Crippen molar-refractivity contribution in [3.63, 3.8) is 0 Å². The smallest absolute Gasteiger partial charge is 0.338 e. The highest BCUT2D eigenvalue weighted by Gasteiger charge is 2.10. The Bertz CT molecular complexity index is 321. The number of benzene rings is 1. The van der Waals surface area contributed by atoms with Gasteiger partial charge in [0.15, 0.2) is 0 Å². The van der Waals surface area contributed by atoms with E-state index in [0.29, 0.717) is 12.0 Å². The average Bonchev–Trinajstić information content (AvgIpc) is 2.16. The number of hydrogen-bond acceptors (Lipinski definition) is 2. The minimum Gasteiger partial charge on any atom is -0.465 e. The number of esters is 1. The molecule has 0 amide bonds. The molecule has 0 atom stereocenters. The van der Waals surface area contributed by atoms with Crippen LogP contribution in [0.3, 0.4) is 0 Å². The normalized spacial score (nSPS) is 9.77. The predicted octanol–water partition coefficient (Wildman–Crippen LogP) is 2.17. The summed E-state index contributed by atoms with van der Waals surface area (Å²) in [5, 5.41) is 0. The molecule has 0 bridgehead atoms. The number of carbonyl (C=O) groups is 1. The van der Waals surface area contributed by atoms with Gasteiger partial charge in [0, 0.05) is 0 Å². The molecule has 0 fully saturated rings. The van der Waals surface area contributed by atoms with E-state index >= 15 is 0 Å². The van der Waals surface area contributed by atoms with Gasteiger partial charge in [0.2, 0.25) is 0 Å². The fourth-order valence-corrected chi connectivity index (χ4v) is 1.16. The van der Waals surface area contributed by atoms with Crippen LogP contribution in [0.2, 0.25) is 0 Å². The average molecular weight is 182 g/mol. The summed E-state index contributed by atoms with van der Waals surface area (Å²) >= 11 is 0. The summed E-state index contributed by atoms with van der Waals surface area (Å²) in [7, 11) is 1.28. The van der Waals surface area contributed by atoms with Crippen molar-refractivity contribution in [1.82, 2.24) is 0 Å². The van der Waals surface area contributed by atoms with Crippen molar-refractivity contribution in [3.8, 4) is 0 Å². The number of hydrogen-bond donors (Lipinski definition) is 0. The first-order valence-electron chi connectivity index (χ1n) is 4.05. The lowest BCUT2D eigenvalue weighted by Crippen LogP contribution is -2.05. The van der Waals surface area contributed by atoms with E-state index in [2.05, 4.69) is 4.74 Å². The monoisotopic (exact) mass is 182 g/mol. The molecule has 0 aromatic heterocycles. The van der Waals surface area contributed by atoms with Crippen LogP contribution in [-0.2, 0) is 11.2 Å². The Morgan fingerprint density at radius 3 is 2.77 bits per heavy atom. The van der Waals surface area contributed by atoms with E-state index < -0.39 is 11.8 Å². The van der Waals surface area contributed by atoms with Crippen LogP contribution in [0.25, 0.3) is 0 Å². The topological polar surface area (TPSA) is 26.3 Å². The van der Waals surface area contributed by atoms with Gasteiger partial charge in [-0.15, -0.1) is 0 Å². The van der Waals surface area contributed by atoms with Crippen LogP contribution < -0.4 is 0 Å². The van der Waals surface area contributed by atoms with Gasteiger partial charge in [-0.3, -0.25) is 0 Å². The highest BCUT2D eigenvalue weighted by molar-refractivity contribution is 5.91. The Balaban J connectivity index is 3.15. The minimum atomic E-state index is -0.489. The number of halogens is 1. The van der Waals surface area contributed by atoms with Gasteiger partial charge in [0.25, 0.3) is 0 Å². The summed E-state index contributed by atoms with van der Waals surface area (Å²) in [5.41, 5.74) is 1.11. The number of rotatable bonds is 2. The van der Waals surface area contributed by atoms with Gasteiger partial charge in [-0.1, -0.05) is 13.0 Å². The Morgan fingerprint density at radius 1 is 1.54 bits per heavy atom. The first-order chi connectivity index (χ1) is 6.19. The molecule has 2 nitrogen and oxygen atoms in total. The molecule has 70 valence electrons. The van der Waals surface area contributed by atoms with E-state index in [1.165, 1.54) is 19.2 Å². The number of aryl methyl sites for hydroxylation is 1. The van der Waals surface area contributed by atoms with Crippen molar-refractivity contribution in [3.05, 3.63) is 35.1 Å². The van der Waals surface area contributed by atoms with Crippen LogP contribution in [0.15, 0.2) is 18.2 Å². The van der Waals surface area contributed by atoms with Crippen molar-refractivity contribution in [1.29, 1.82) is 0 Å². The Kier molecular flexibility index (Phi) is 3.01. The molecule has 13 heavy (non-hydrogen) atoms. The lowest BCUT2D eigenvalue weighted by atomic mass is 10.1. The van der Waals surface area contributed by atoms with E-state index in [4.69, 9.17) is 0 Å². The van der Waals surface area contributed by atoms with E-state index in [1.54, 1.807) is 6.07 Å². The third-order valence-corrected chi connectivity index (χ3v) is 1.86. The van der Waals surface area contributed by atoms with Gasteiger partial charge in [0.05, 0.1) is 12.7 Å². The predicted molar refractivity (Wildman–Crippen MR) is 47.1 cm³/mol. The second-order valence-corrected chi connectivity index (χ2v) is 2.65. The summed E-state index contributed by atoms with van der Waals surface area (Å²) in [6, 6.07) is 4.14. The third-order valence-electron chi connectivity index (χ3n) is 1.86. The molecular weight excluding hydrogens is 171 g/mol. The number of methoxy groups -OCH3 is 1. The summed E-state index contributed by atoms with van der Waals surface area (Å²) in [5.74, 6) is -0.908. The maximum absolute atomic E-state index is 12.8. The lowest BCUT2D eigenvalue weighted by Gasteiger charge is -2.04. The SMILES string of the molecule is CCc1ccc(F)cc1C(=O)OC. The quantitative estimate of drug-likeness (QED) is 0.655. The molecule has 0 aliphatic heterocycles. The second kappa shape index (κ2) is 4.03. The maximum Gasteiger partial charge on any atom is 0.338 e. The van der Waals surface area contributed by atoms with Crippen LogP contribution in [0.4, 0.5) is 4.39 Å². The van der Waals surface area contributed by atoms with Crippen LogP contribution in [0, 0.1) is 5.82 Å². The Morgan fingerprint density at radius 2 is 2.23 bits per heavy atom. The fourth-order valence-electron chi connectivity index (χ4n) is 1.16. The standard InChI is InChI=1S/C10H11FO2/c1-3-7-4-5-8(11)6-9(7)10(12)13-2/h4-6H,3H2,1-2H3. The minimum absolute atomic E-state index is 0.310. The molecule has 1 aromatic rings. The van der Waals surface area contributed by atoms with E-state index in [-0.39, 0.29) is 0 Å². The Hall–Kier alpha value is -1.38. The van der Waals surface area contributed by atoms with Crippen molar-refractivity contribution < 1.29 is 13.9 Å². The van der Waals surface area contributed by atoms with Gasteiger partial charge < -0.3 is 4.74 Å². The summed E-state index contributed by atoms with van der Waals surface area (Å²) in [4.78, 5) is 11.2. The molecule has 0 aliphatic carbocycles. The zero-order valence-corrected chi connectivity index (χ0v) is 7.63. The van der Waals surface area contributed by atoms with Gasteiger partial charge >= 0.3 is 5.97 Å². The highest BCUT2D eigenvalue weighted by Crippen LogP contribution is 2.12. The first-order valence-corrected chi connectivity index (χ1v) is 4.05. The molecule has 3 heteroatoms. The van der Waals surface area contributed by atoms with Gasteiger partial charge in [-0.2, -0.15) is 0 Å². The number of carbonyl (C=O) groups excluding carboxylic acids is 1. The van der Waals surface area contributed by atoms with Crippen molar-refractivity contribution >= 4 is 5.97 Å². The van der Waals surface area contributed by atoms with Gasteiger partial charge in [-0.25, -0.2) is 9.18 Å². The molecule has 1 aromatic carbocycles. The molecule has 1 rings (SSSR count). The molecule has 0 aliphatic rings. The van der Waals surface area contributed by atoms with Crippen molar-refractivity contribution in [2.24, 2.45) is 0 Å². The van der Waals surface area contributed by atoms with Crippen LogP contribution in [-0.4, -0.2) is 13.1 Å². The molecule has 0 saturated carbocycles. The van der Waals surface area contributed by atoms with E-state index in [1.807, 2.05) is 6.92 Å². The maximum atomic E-state index is 12.8. The lowest BCUT2D eigenvalue weighted by molar-refractivity contribution is 0.0599. The molecule has 0 heterocycles. The van der Waals surface area contributed by atoms with Gasteiger partial charge in [-0.05, 0) is 24.1 Å². The molecule has 0 saturated heterocycles. The van der Waals surface area contributed by atoms with E-state index in [0.717, 1.165) is 5.56 Å². The summed E-state index contributed by atoms with van der Waals surface area (Å²) in [6.07, 6.45) is 0.685. The van der Waals surface area contributed by atoms with Crippen LogP contribution in [0.1, 0.15) is 22.8 Å². The molecular formula is C10H11FO2. The fraction of sp³-hybridized carbons (Fsp3) is 0.300. The zero-order valence-electron chi connectivity index (χ0n) is 7.63. The largest absolute Gasteiger partial charge is 0.465 e. The third kappa shape index (κ3) is 2.05. The highest BCUT2D eigenvalue weighted by atomic mass is 19.1. The molecule has 0 radical (unpaired) electrons. The zero-order chi connectivity index (χ0) is 9.84. The number of ether oxygens (including phenoxy) is 1. The second-order valence-electron chi connectivity index (χ2n) is 2.65. The summed E-state index contributed by atoms with van der Waals surface area (Å²) < 4.78 is 17.3. The Labute approximate surface area is 76.3 Å². The van der Waals surface area contributed by atoms with Crippen molar-refractivity contribution in [2.45, 2.75) is 13.3 Å².